The van der Waals surface area contributed by atoms with Crippen LogP contribution in [0, 0.1) is 10.6 Å². The van der Waals surface area contributed by atoms with E-state index in [0.29, 0.717) is 15.5 Å². The van der Waals surface area contributed by atoms with Crippen LogP contribution in [0.1, 0.15) is 12.6 Å². The van der Waals surface area contributed by atoms with Gasteiger partial charge in [0.25, 0.3) is 0 Å². The van der Waals surface area contributed by atoms with E-state index in [1.165, 1.54) is 6.07 Å². The highest BCUT2D eigenvalue weighted by molar-refractivity contribution is 7.71. The van der Waals surface area contributed by atoms with Gasteiger partial charge in [-0.2, -0.15) is 0 Å². The Balaban J connectivity index is 2.76. The van der Waals surface area contributed by atoms with E-state index >= 15 is 0 Å². The number of halogens is 2. The van der Waals surface area contributed by atoms with E-state index in [9.17, 15) is 4.39 Å². The number of nitrogens with one attached hydrogen (secondary N) is 1. The smallest absolute Gasteiger partial charge is 0.182 e. The van der Waals surface area contributed by atoms with E-state index < -0.39 is 0 Å². The summed E-state index contributed by atoms with van der Waals surface area (Å²) in [4.78, 5) is 2.89. The summed E-state index contributed by atoms with van der Waals surface area (Å²) in [6.45, 7) is 1.98. The van der Waals surface area contributed by atoms with Crippen molar-refractivity contribution >= 4 is 23.8 Å². The van der Waals surface area contributed by atoms with Crippen LogP contribution in [0.4, 0.5) is 4.39 Å². The molecule has 0 bridgehead atoms. The molecular weight excluding hydrogens is 247 g/mol. The fraction of sp³-hybridized carbons (Fsp3) is 0.182. The van der Waals surface area contributed by atoms with Gasteiger partial charge in [0.2, 0.25) is 0 Å². The van der Waals surface area contributed by atoms with Crippen molar-refractivity contribution in [1.29, 1.82) is 0 Å². The van der Waals surface area contributed by atoms with Gasteiger partial charge in [-0.05, 0) is 30.8 Å². The summed E-state index contributed by atoms with van der Waals surface area (Å²) in [5.74, 6) is -0.377. The van der Waals surface area contributed by atoms with Crippen molar-refractivity contribution in [3.05, 3.63) is 45.7 Å². The molecule has 2 rings (SSSR count). The molecule has 16 heavy (non-hydrogen) atoms. The monoisotopic (exact) mass is 256 g/mol. The van der Waals surface area contributed by atoms with Crippen LogP contribution in [0.5, 0.6) is 0 Å². The van der Waals surface area contributed by atoms with Gasteiger partial charge in [0.1, 0.15) is 11.5 Å². The van der Waals surface area contributed by atoms with Crippen molar-refractivity contribution in [3.8, 4) is 5.69 Å². The summed E-state index contributed by atoms with van der Waals surface area (Å²) in [5, 5.41) is 0.352. The molecule has 0 aliphatic heterocycles. The number of H-pyrrole nitrogens is 1. The van der Waals surface area contributed by atoms with Crippen LogP contribution in [0.25, 0.3) is 5.69 Å². The van der Waals surface area contributed by atoms with Crippen LogP contribution in [0.3, 0.4) is 0 Å². The Labute approximate surface area is 103 Å². The third-order valence-corrected chi connectivity index (χ3v) is 2.98. The summed E-state index contributed by atoms with van der Waals surface area (Å²) < 4.78 is 15.8. The minimum Gasteiger partial charge on any atom is -0.337 e. The van der Waals surface area contributed by atoms with Gasteiger partial charge in [0.15, 0.2) is 4.77 Å². The summed E-state index contributed by atoms with van der Waals surface area (Å²) in [5.41, 5.74) is 1.21. The molecule has 0 saturated carbocycles. The molecule has 2 nitrogen and oxygen atoms in total. The molecule has 0 unspecified atom stereocenters. The number of hydrogen-bond donors (Lipinski definition) is 1. The molecular formula is C11H10ClFN2S. The summed E-state index contributed by atoms with van der Waals surface area (Å²) in [7, 11) is 0. The molecule has 0 spiro atoms. The summed E-state index contributed by atoms with van der Waals surface area (Å²) in [6, 6.07) is 4.59. The Morgan fingerprint density at radius 2 is 2.25 bits per heavy atom. The molecule has 1 N–H and O–H groups in total. The molecule has 0 fully saturated rings. The highest BCUT2D eigenvalue weighted by atomic mass is 35.5. The highest BCUT2D eigenvalue weighted by Gasteiger charge is 2.12. The molecule has 0 saturated heterocycles. The van der Waals surface area contributed by atoms with Gasteiger partial charge in [-0.15, -0.1) is 0 Å². The number of rotatable bonds is 2. The average molecular weight is 257 g/mol. The number of aromatic amines is 1. The first-order valence-electron chi connectivity index (χ1n) is 4.88. The van der Waals surface area contributed by atoms with Gasteiger partial charge >= 0.3 is 0 Å². The second-order valence-electron chi connectivity index (χ2n) is 3.34. The number of nitrogens with zero attached hydrogens (tertiary/aromatic N) is 1. The van der Waals surface area contributed by atoms with Crippen LogP contribution < -0.4 is 0 Å². The number of hydrogen-bond acceptors (Lipinski definition) is 1. The predicted octanol–water partition coefficient (Wildman–Crippen LogP) is 3.89. The zero-order valence-corrected chi connectivity index (χ0v) is 10.2. The van der Waals surface area contributed by atoms with Gasteiger partial charge in [-0.3, -0.25) is 4.57 Å². The molecule has 5 heteroatoms. The van der Waals surface area contributed by atoms with Crippen LogP contribution in [0.2, 0.25) is 5.02 Å². The summed E-state index contributed by atoms with van der Waals surface area (Å²) >= 11 is 11.1. The van der Waals surface area contributed by atoms with E-state index in [-0.39, 0.29) is 5.82 Å². The SMILES string of the molecule is CCc1c[nH]c(=S)n1-c1c(F)cccc1Cl. The van der Waals surface area contributed by atoms with Crippen LogP contribution in [-0.2, 0) is 6.42 Å². The zero-order valence-electron chi connectivity index (χ0n) is 8.63. The lowest BCUT2D eigenvalue weighted by atomic mass is 10.2. The van der Waals surface area contributed by atoms with Crippen molar-refractivity contribution in [1.82, 2.24) is 9.55 Å². The molecule has 84 valence electrons. The largest absolute Gasteiger partial charge is 0.337 e. The Morgan fingerprint density at radius 3 is 2.88 bits per heavy atom. The van der Waals surface area contributed by atoms with Crippen LogP contribution >= 0.6 is 23.8 Å². The quantitative estimate of drug-likeness (QED) is 0.809. The number of imidazole rings is 1. The number of benzene rings is 1. The first-order valence-corrected chi connectivity index (χ1v) is 5.67. The number of para-hydroxylation sites is 1. The Morgan fingerprint density at radius 1 is 1.50 bits per heavy atom. The average Bonchev–Trinajstić information content (AvgIpc) is 2.60. The Bertz CT molecular complexity index is 553. The topological polar surface area (TPSA) is 20.7 Å². The normalized spacial score (nSPS) is 10.7. The molecule has 0 radical (unpaired) electrons. The fourth-order valence-electron chi connectivity index (χ4n) is 1.61. The maximum atomic E-state index is 13.7. The number of aromatic nitrogens is 2. The van der Waals surface area contributed by atoms with Gasteiger partial charge in [-0.25, -0.2) is 4.39 Å². The Kier molecular flexibility index (Phi) is 3.12. The van der Waals surface area contributed by atoms with E-state index in [0.717, 1.165) is 12.1 Å². The maximum Gasteiger partial charge on any atom is 0.182 e. The second kappa shape index (κ2) is 4.39. The first-order chi connectivity index (χ1) is 7.65. The lowest BCUT2D eigenvalue weighted by Gasteiger charge is -2.09. The fourth-order valence-corrected chi connectivity index (χ4v) is 2.13. The van der Waals surface area contributed by atoms with Gasteiger partial charge in [0.05, 0.1) is 5.02 Å². The van der Waals surface area contributed by atoms with Crippen molar-refractivity contribution < 1.29 is 4.39 Å². The minimum absolute atomic E-state index is 0.312. The molecule has 2 aromatic rings. The van der Waals surface area contributed by atoms with Crippen LogP contribution in [0.15, 0.2) is 24.4 Å². The standard InChI is InChI=1S/C11H10ClFN2S/c1-2-7-6-14-11(16)15(7)10-8(12)4-3-5-9(10)13/h3-6H,2H2,1H3,(H,14,16). The van der Waals surface area contributed by atoms with Crippen molar-refractivity contribution in [2.75, 3.05) is 0 Å². The van der Waals surface area contributed by atoms with E-state index in [2.05, 4.69) is 4.98 Å². The minimum atomic E-state index is -0.377. The third-order valence-electron chi connectivity index (χ3n) is 2.38. The van der Waals surface area contributed by atoms with Crippen molar-refractivity contribution in [2.24, 2.45) is 0 Å². The van der Waals surface area contributed by atoms with Crippen LogP contribution in [-0.4, -0.2) is 9.55 Å². The van der Waals surface area contributed by atoms with E-state index in [1.54, 1.807) is 22.9 Å². The van der Waals surface area contributed by atoms with Gasteiger partial charge in [-0.1, -0.05) is 24.6 Å². The first kappa shape index (κ1) is 11.4. The lowest BCUT2D eigenvalue weighted by molar-refractivity contribution is 0.615. The second-order valence-corrected chi connectivity index (χ2v) is 4.14. The van der Waals surface area contributed by atoms with E-state index in [4.69, 9.17) is 23.8 Å². The van der Waals surface area contributed by atoms with Gasteiger partial charge < -0.3 is 4.98 Å². The molecule has 0 amide bonds. The third kappa shape index (κ3) is 1.79. The van der Waals surface area contributed by atoms with Crippen molar-refractivity contribution in [3.63, 3.8) is 0 Å². The van der Waals surface area contributed by atoms with Crippen molar-refractivity contribution in [2.45, 2.75) is 13.3 Å². The zero-order chi connectivity index (χ0) is 11.7. The lowest BCUT2D eigenvalue weighted by Crippen LogP contribution is -2.02. The molecule has 1 aromatic carbocycles. The predicted molar refractivity (Wildman–Crippen MR) is 65.3 cm³/mol. The molecule has 0 atom stereocenters. The molecule has 0 aliphatic carbocycles. The van der Waals surface area contributed by atoms with Gasteiger partial charge in [0, 0.05) is 11.9 Å². The highest BCUT2D eigenvalue weighted by Crippen LogP contribution is 2.25. The molecule has 1 heterocycles. The van der Waals surface area contributed by atoms with E-state index in [1.807, 2.05) is 6.92 Å². The molecule has 0 aliphatic rings. The summed E-state index contributed by atoms with van der Waals surface area (Å²) in [6.07, 6.45) is 2.52. The Hall–Kier alpha value is -1.13. The maximum absolute atomic E-state index is 13.7. The number of aryl methyl sites for hydroxylation is 1. The molecule has 1 aromatic heterocycles.